The van der Waals surface area contributed by atoms with E-state index in [-0.39, 0.29) is 22.4 Å². The lowest BCUT2D eigenvalue weighted by molar-refractivity contribution is -0.384. The molecule has 5 rings (SSSR count). The van der Waals surface area contributed by atoms with Gasteiger partial charge in [-0.3, -0.25) is 10.1 Å². The van der Waals surface area contributed by atoms with Crippen molar-refractivity contribution in [3.8, 4) is 11.3 Å². The van der Waals surface area contributed by atoms with Gasteiger partial charge in [0.15, 0.2) is 0 Å². The number of halogens is 1. The van der Waals surface area contributed by atoms with E-state index >= 15 is 0 Å². The van der Waals surface area contributed by atoms with Crippen LogP contribution in [0.25, 0.3) is 11.3 Å². The summed E-state index contributed by atoms with van der Waals surface area (Å²) in [5.41, 5.74) is 3.49. The molecule has 0 aliphatic carbocycles. The Kier molecular flexibility index (Phi) is 7.74. The van der Waals surface area contributed by atoms with Gasteiger partial charge in [0.25, 0.3) is 5.69 Å². The number of hydrogen-bond donors (Lipinski definition) is 0. The van der Waals surface area contributed by atoms with Gasteiger partial charge in [0.1, 0.15) is 5.82 Å². The lowest BCUT2D eigenvalue weighted by Gasteiger charge is -2.21. The average molecular weight is 580 g/mol. The monoisotopic (exact) mass is 579 g/mol. The third-order valence-corrected chi connectivity index (χ3v) is 9.63. The van der Waals surface area contributed by atoms with Crippen LogP contribution >= 0.6 is 11.3 Å². The van der Waals surface area contributed by atoms with E-state index in [0.717, 1.165) is 11.1 Å². The number of rotatable bonds is 9. The summed E-state index contributed by atoms with van der Waals surface area (Å²) in [7, 11) is -3.57. The second kappa shape index (κ2) is 11.2. The van der Waals surface area contributed by atoms with Gasteiger partial charge < -0.3 is 0 Å². The van der Waals surface area contributed by atoms with E-state index in [2.05, 4.69) is 0 Å². The van der Waals surface area contributed by atoms with Gasteiger partial charge in [0.2, 0.25) is 15.2 Å². The Labute approximate surface area is 235 Å². The first-order valence-electron chi connectivity index (χ1n) is 12.6. The highest BCUT2D eigenvalue weighted by molar-refractivity contribution is 7.89. The van der Waals surface area contributed by atoms with E-state index in [1.54, 1.807) is 67.4 Å². The molecule has 1 aromatic heterocycles. The zero-order chi connectivity index (χ0) is 28.4. The number of thiazole rings is 1. The summed E-state index contributed by atoms with van der Waals surface area (Å²) < 4.78 is 40.8. The van der Waals surface area contributed by atoms with Gasteiger partial charge in [-0.1, -0.05) is 50.2 Å². The van der Waals surface area contributed by atoms with Gasteiger partial charge in [0, 0.05) is 48.2 Å². The number of benzene rings is 3. The van der Waals surface area contributed by atoms with E-state index in [9.17, 15) is 22.9 Å². The highest BCUT2D eigenvalue weighted by atomic mass is 32.2. The zero-order valence-corrected chi connectivity index (χ0v) is 23.4. The first-order chi connectivity index (χ1) is 19.2. The third-order valence-electron chi connectivity index (χ3n) is 6.74. The predicted octanol–water partition coefficient (Wildman–Crippen LogP) is 6.24. The molecule has 0 saturated heterocycles. The number of anilines is 1. The smallest absolute Gasteiger partial charge is 0.258 e. The van der Waals surface area contributed by atoms with Crippen LogP contribution in [0.15, 0.2) is 88.2 Å². The standard InChI is InChI=1S/C28H26FN5O4S2/c1-3-32(4-2)40(37,38)24-14-10-19(11-15-24)26-18-39-28(30-26)33-27(20-8-12-22(29)13-9-20)17-25(31-33)21-6-5-7-23(16-21)34(35)36/h5-16,18,27H,3-4,17H2,1-2H3/t27-/m1/s1. The number of aromatic nitrogens is 1. The van der Waals surface area contributed by atoms with Crippen molar-refractivity contribution in [2.75, 3.05) is 18.1 Å². The highest BCUT2D eigenvalue weighted by Gasteiger charge is 2.32. The maximum atomic E-state index is 13.7. The largest absolute Gasteiger partial charge is 0.270 e. The number of sulfonamides is 1. The molecule has 0 N–H and O–H groups in total. The van der Waals surface area contributed by atoms with Gasteiger partial charge in [-0.25, -0.2) is 22.8 Å². The number of non-ortho nitro benzene ring substituents is 1. The normalized spacial score (nSPS) is 15.4. The Morgan fingerprint density at radius 3 is 2.40 bits per heavy atom. The lowest BCUT2D eigenvalue weighted by Crippen LogP contribution is -2.30. The summed E-state index contributed by atoms with van der Waals surface area (Å²) >= 11 is 1.37. The Bertz CT molecular complexity index is 1670. The molecule has 12 heteroatoms. The van der Waals surface area contributed by atoms with Crippen LogP contribution in [-0.4, -0.2) is 41.4 Å². The van der Waals surface area contributed by atoms with Crippen molar-refractivity contribution in [3.05, 3.63) is 105 Å². The van der Waals surface area contributed by atoms with Gasteiger partial charge in [-0.05, 0) is 29.8 Å². The molecular formula is C28H26FN5O4S2. The van der Waals surface area contributed by atoms with Gasteiger partial charge in [0.05, 0.1) is 27.3 Å². The van der Waals surface area contributed by atoms with Crippen LogP contribution in [0.2, 0.25) is 0 Å². The second-order valence-electron chi connectivity index (χ2n) is 9.10. The van der Waals surface area contributed by atoms with Crippen molar-refractivity contribution in [3.63, 3.8) is 0 Å². The minimum Gasteiger partial charge on any atom is -0.258 e. The quantitative estimate of drug-likeness (QED) is 0.171. The Hall–Kier alpha value is -4.00. The first-order valence-corrected chi connectivity index (χ1v) is 15.0. The molecule has 0 bridgehead atoms. The van der Waals surface area contributed by atoms with E-state index in [4.69, 9.17) is 10.1 Å². The van der Waals surface area contributed by atoms with Crippen LogP contribution in [0.4, 0.5) is 15.2 Å². The number of hydrogen-bond acceptors (Lipinski definition) is 8. The Morgan fingerprint density at radius 2 is 1.75 bits per heavy atom. The molecule has 0 fully saturated rings. The summed E-state index contributed by atoms with van der Waals surface area (Å²) in [6.45, 7) is 4.38. The first kappa shape index (κ1) is 27.6. The van der Waals surface area contributed by atoms with Gasteiger partial charge >= 0.3 is 0 Å². The molecule has 1 aliphatic rings. The molecule has 0 amide bonds. The van der Waals surface area contributed by atoms with Crippen LogP contribution in [-0.2, 0) is 10.0 Å². The molecule has 206 valence electrons. The SMILES string of the molecule is CCN(CC)S(=O)(=O)c1ccc(-c2csc(N3N=C(c4cccc([N+](=O)[O-])c4)C[C@@H]3c3ccc(F)cc3)n2)cc1. The lowest BCUT2D eigenvalue weighted by atomic mass is 9.98. The maximum Gasteiger partial charge on any atom is 0.270 e. The van der Waals surface area contributed by atoms with Crippen molar-refractivity contribution in [1.29, 1.82) is 0 Å². The van der Waals surface area contributed by atoms with Crippen molar-refractivity contribution < 1.29 is 17.7 Å². The third kappa shape index (κ3) is 5.37. The fourth-order valence-electron chi connectivity index (χ4n) is 4.62. The molecule has 1 aliphatic heterocycles. The van der Waals surface area contributed by atoms with Crippen molar-refractivity contribution in [2.24, 2.45) is 5.10 Å². The van der Waals surface area contributed by atoms with Crippen LogP contribution in [0.1, 0.15) is 37.4 Å². The molecule has 0 saturated carbocycles. The molecule has 40 heavy (non-hydrogen) atoms. The number of nitro benzene ring substituents is 1. The number of nitro groups is 1. The Morgan fingerprint density at radius 1 is 1.05 bits per heavy atom. The fourth-order valence-corrected chi connectivity index (χ4v) is 6.91. The van der Waals surface area contributed by atoms with Crippen molar-refractivity contribution in [2.45, 2.75) is 31.2 Å². The van der Waals surface area contributed by atoms with E-state index in [0.29, 0.717) is 41.6 Å². The fraction of sp³-hybridized carbons (Fsp3) is 0.214. The highest BCUT2D eigenvalue weighted by Crippen LogP contribution is 2.40. The maximum absolute atomic E-state index is 13.7. The predicted molar refractivity (Wildman–Crippen MR) is 154 cm³/mol. The summed E-state index contributed by atoms with van der Waals surface area (Å²) in [4.78, 5) is 15.9. The van der Waals surface area contributed by atoms with Crippen LogP contribution < -0.4 is 5.01 Å². The second-order valence-corrected chi connectivity index (χ2v) is 11.9. The zero-order valence-electron chi connectivity index (χ0n) is 21.8. The van der Waals surface area contributed by atoms with E-state index in [1.165, 1.54) is 39.9 Å². The molecule has 2 heterocycles. The average Bonchev–Trinajstić information content (AvgIpc) is 3.62. The molecule has 0 radical (unpaired) electrons. The summed E-state index contributed by atoms with van der Waals surface area (Å²) in [6.07, 6.45) is 0.444. The number of nitrogens with zero attached hydrogens (tertiary/aromatic N) is 5. The number of hydrazone groups is 1. The summed E-state index contributed by atoms with van der Waals surface area (Å²) in [5.74, 6) is -0.351. The molecule has 4 aromatic rings. The van der Waals surface area contributed by atoms with Gasteiger partial charge in [-0.15, -0.1) is 11.3 Å². The van der Waals surface area contributed by atoms with Crippen molar-refractivity contribution >= 4 is 37.9 Å². The van der Waals surface area contributed by atoms with E-state index < -0.39 is 14.9 Å². The molecule has 0 unspecified atom stereocenters. The minimum absolute atomic E-state index is 0.0278. The van der Waals surface area contributed by atoms with Crippen LogP contribution in [0, 0.1) is 15.9 Å². The molecule has 0 spiro atoms. The minimum atomic E-state index is -3.57. The van der Waals surface area contributed by atoms with Crippen LogP contribution in [0.3, 0.4) is 0 Å². The topological polar surface area (TPSA) is 109 Å². The molecule has 3 aromatic carbocycles. The summed E-state index contributed by atoms with van der Waals surface area (Å²) in [5, 5.41) is 20.3. The van der Waals surface area contributed by atoms with Gasteiger partial charge in [-0.2, -0.15) is 9.41 Å². The molecule has 9 nitrogen and oxygen atoms in total. The Balaban J connectivity index is 1.48. The summed E-state index contributed by atoms with van der Waals surface area (Å²) in [6, 6.07) is 18.8. The van der Waals surface area contributed by atoms with E-state index in [1.807, 2.05) is 5.38 Å². The molecular weight excluding hydrogens is 553 g/mol. The van der Waals surface area contributed by atoms with Crippen LogP contribution in [0.5, 0.6) is 0 Å². The molecule has 1 atom stereocenters. The van der Waals surface area contributed by atoms with Crippen molar-refractivity contribution in [1.82, 2.24) is 9.29 Å².